The third-order valence-corrected chi connectivity index (χ3v) is 3.31. The third kappa shape index (κ3) is 3.98. The highest BCUT2D eigenvalue weighted by Gasteiger charge is 2.18. The summed E-state index contributed by atoms with van der Waals surface area (Å²) in [7, 11) is 0. The van der Waals surface area contributed by atoms with Gasteiger partial charge in [-0.25, -0.2) is 14.2 Å². The monoisotopic (exact) mass is 338 g/mol. The summed E-state index contributed by atoms with van der Waals surface area (Å²) in [5.41, 5.74) is 0.882. The number of carbonyl (C=O) groups excluding carboxylic acids is 1. The van der Waals surface area contributed by atoms with E-state index in [1.54, 1.807) is 6.92 Å². The van der Waals surface area contributed by atoms with Crippen LogP contribution in [0.2, 0.25) is 0 Å². The molecule has 0 saturated carbocycles. The second-order valence-electron chi connectivity index (χ2n) is 5.05. The minimum absolute atomic E-state index is 0.0545. The third-order valence-electron chi connectivity index (χ3n) is 3.31. The Kier molecular flexibility index (Phi) is 4.99. The van der Waals surface area contributed by atoms with Gasteiger partial charge in [0.1, 0.15) is 17.1 Å². The Bertz CT molecular complexity index is 868. The van der Waals surface area contributed by atoms with Crippen LogP contribution in [-0.2, 0) is 4.74 Å². The van der Waals surface area contributed by atoms with Crippen molar-refractivity contribution < 1.29 is 18.7 Å². The van der Waals surface area contributed by atoms with Gasteiger partial charge in [-0.3, -0.25) is 0 Å². The molecule has 0 amide bonds. The number of hydrogen-bond acceptors (Lipinski definition) is 5. The lowest BCUT2D eigenvalue weighted by molar-refractivity contribution is 0.0522. The number of ether oxygens (including phenoxy) is 2. The lowest BCUT2D eigenvalue weighted by Gasteiger charge is -2.11. The normalized spacial score (nSPS) is 10.3. The Morgan fingerprint density at radius 2 is 1.80 bits per heavy atom. The molecule has 126 valence electrons. The summed E-state index contributed by atoms with van der Waals surface area (Å²) in [6.45, 7) is 1.92. The highest BCUT2D eigenvalue weighted by atomic mass is 19.1. The van der Waals surface area contributed by atoms with Crippen molar-refractivity contribution in [3.05, 3.63) is 72.2 Å². The van der Waals surface area contributed by atoms with Crippen molar-refractivity contribution in [2.45, 2.75) is 6.92 Å². The summed E-state index contributed by atoms with van der Waals surface area (Å²) in [4.78, 5) is 20.7. The van der Waals surface area contributed by atoms with Gasteiger partial charge in [0.25, 0.3) is 0 Å². The first-order chi connectivity index (χ1) is 12.2. The Hall–Kier alpha value is -3.28. The maximum Gasteiger partial charge on any atom is 0.345 e. The number of hydrogen-bond donors (Lipinski definition) is 0. The van der Waals surface area contributed by atoms with E-state index in [9.17, 15) is 9.18 Å². The van der Waals surface area contributed by atoms with Crippen LogP contribution in [0.5, 0.6) is 11.6 Å². The largest absolute Gasteiger partial charge is 0.462 e. The molecular formula is C19H15FN2O3. The molecule has 1 heterocycles. The molecule has 1 aromatic heterocycles. The predicted octanol–water partition coefficient (Wildman–Crippen LogP) is 4.25. The molecule has 25 heavy (non-hydrogen) atoms. The molecular weight excluding hydrogens is 323 g/mol. The maximum atomic E-state index is 13.1. The Morgan fingerprint density at radius 3 is 2.48 bits per heavy atom. The minimum atomic E-state index is -0.584. The minimum Gasteiger partial charge on any atom is -0.462 e. The van der Waals surface area contributed by atoms with E-state index in [4.69, 9.17) is 9.47 Å². The van der Waals surface area contributed by atoms with E-state index >= 15 is 0 Å². The molecule has 0 atom stereocenters. The maximum absolute atomic E-state index is 13.1. The number of esters is 1. The number of benzene rings is 2. The van der Waals surface area contributed by atoms with Crippen LogP contribution < -0.4 is 4.74 Å². The van der Waals surface area contributed by atoms with Crippen LogP contribution in [0.25, 0.3) is 11.4 Å². The van der Waals surface area contributed by atoms with Gasteiger partial charge in [-0.2, -0.15) is 4.98 Å². The zero-order valence-electron chi connectivity index (χ0n) is 13.5. The van der Waals surface area contributed by atoms with E-state index < -0.39 is 5.97 Å². The van der Waals surface area contributed by atoms with Crippen LogP contribution >= 0.6 is 0 Å². The quantitative estimate of drug-likeness (QED) is 0.651. The molecule has 5 nitrogen and oxygen atoms in total. The summed E-state index contributed by atoms with van der Waals surface area (Å²) >= 11 is 0. The molecule has 0 N–H and O–H groups in total. The first-order valence-corrected chi connectivity index (χ1v) is 7.70. The van der Waals surface area contributed by atoms with Crippen molar-refractivity contribution in [1.29, 1.82) is 0 Å². The highest BCUT2D eigenvalue weighted by molar-refractivity contribution is 5.91. The lowest BCUT2D eigenvalue weighted by Crippen LogP contribution is -2.09. The van der Waals surface area contributed by atoms with Crippen molar-refractivity contribution in [3.8, 4) is 23.0 Å². The molecule has 0 bridgehead atoms. The Labute approximate surface area is 144 Å². The first-order valence-electron chi connectivity index (χ1n) is 7.70. The summed E-state index contributed by atoms with van der Waals surface area (Å²) < 4.78 is 23.8. The zero-order valence-corrected chi connectivity index (χ0v) is 13.5. The zero-order chi connectivity index (χ0) is 17.6. The molecule has 0 radical (unpaired) electrons. The van der Waals surface area contributed by atoms with Crippen molar-refractivity contribution in [2.75, 3.05) is 6.61 Å². The van der Waals surface area contributed by atoms with E-state index in [0.29, 0.717) is 11.6 Å². The van der Waals surface area contributed by atoms with E-state index in [1.807, 2.05) is 30.3 Å². The highest BCUT2D eigenvalue weighted by Crippen LogP contribution is 2.26. The van der Waals surface area contributed by atoms with Gasteiger partial charge in [0, 0.05) is 11.8 Å². The molecule has 2 aromatic carbocycles. The van der Waals surface area contributed by atoms with Gasteiger partial charge in [0.2, 0.25) is 5.88 Å². The molecule has 0 unspecified atom stereocenters. The Balaban J connectivity index is 2.01. The molecule has 3 rings (SSSR count). The molecule has 6 heteroatoms. The molecule has 3 aromatic rings. The van der Waals surface area contributed by atoms with Crippen LogP contribution in [0.3, 0.4) is 0 Å². The first kappa shape index (κ1) is 16.6. The summed E-state index contributed by atoms with van der Waals surface area (Å²) in [5.74, 6) is -0.154. The van der Waals surface area contributed by atoms with Gasteiger partial charge in [-0.05, 0) is 31.2 Å². The number of aromatic nitrogens is 2. The SMILES string of the molecule is CCOC(=O)c1cnc(-c2ccccc2)nc1Oc1ccc(F)cc1. The average Bonchev–Trinajstić information content (AvgIpc) is 2.64. The number of rotatable bonds is 5. The van der Waals surface area contributed by atoms with Crippen LogP contribution in [0, 0.1) is 5.82 Å². The summed E-state index contributed by atoms with van der Waals surface area (Å²) in [6, 6.07) is 14.7. The van der Waals surface area contributed by atoms with Gasteiger partial charge in [0.15, 0.2) is 5.82 Å². The molecule has 0 aliphatic heterocycles. The molecule has 0 aliphatic rings. The van der Waals surface area contributed by atoms with Crippen molar-refractivity contribution in [2.24, 2.45) is 0 Å². The van der Waals surface area contributed by atoms with Crippen LogP contribution in [0.15, 0.2) is 60.8 Å². The lowest BCUT2D eigenvalue weighted by atomic mass is 10.2. The molecule has 0 aliphatic carbocycles. The van der Waals surface area contributed by atoms with Crippen molar-refractivity contribution in [3.63, 3.8) is 0 Å². The van der Waals surface area contributed by atoms with Crippen molar-refractivity contribution in [1.82, 2.24) is 9.97 Å². The summed E-state index contributed by atoms with van der Waals surface area (Å²) in [6.07, 6.45) is 1.37. The van der Waals surface area contributed by atoms with Crippen LogP contribution in [0.1, 0.15) is 17.3 Å². The van der Waals surface area contributed by atoms with Gasteiger partial charge in [0.05, 0.1) is 6.61 Å². The van der Waals surface area contributed by atoms with Gasteiger partial charge >= 0.3 is 5.97 Å². The molecule has 0 spiro atoms. The number of nitrogens with zero attached hydrogens (tertiary/aromatic N) is 2. The smallest absolute Gasteiger partial charge is 0.345 e. The predicted molar refractivity (Wildman–Crippen MR) is 89.9 cm³/mol. The van der Waals surface area contributed by atoms with Crippen LogP contribution in [0.4, 0.5) is 4.39 Å². The van der Waals surface area contributed by atoms with Crippen molar-refractivity contribution >= 4 is 5.97 Å². The summed E-state index contributed by atoms with van der Waals surface area (Å²) in [5, 5.41) is 0. The van der Waals surface area contributed by atoms with Crippen LogP contribution in [-0.4, -0.2) is 22.5 Å². The van der Waals surface area contributed by atoms with E-state index in [0.717, 1.165) is 5.56 Å². The fourth-order valence-electron chi connectivity index (χ4n) is 2.13. The van der Waals surface area contributed by atoms with Gasteiger partial charge < -0.3 is 9.47 Å². The van der Waals surface area contributed by atoms with E-state index in [-0.39, 0.29) is 23.9 Å². The number of halogens is 1. The van der Waals surface area contributed by atoms with E-state index in [2.05, 4.69) is 9.97 Å². The van der Waals surface area contributed by atoms with E-state index in [1.165, 1.54) is 30.5 Å². The fourth-order valence-corrected chi connectivity index (χ4v) is 2.13. The second kappa shape index (κ2) is 7.53. The molecule has 0 saturated heterocycles. The second-order valence-corrected chi connectivity index (χ2v) is 5.05. The topological polar surface area (TPSA) is 61.3 Å². The Morgan fingerprint density at radius 1 is 1.08 bits per heavy atom. The average molecular weight is 338 g/mol. The number of carbonyl (C=O) groups is 1. The van der Waals surface area contributed by atoms with Gasteiger partial charge in [-0.15, -0.1) is 0 Å². The van der Waals surface area contributed by atoms with Gasteiger partial charge in [-0.1, -0.05) is 30.3 Å². The standard InChI is InChI=1S/C19H15FN2O3/c1-2-24-19(23)16-12-21-17(13-6-4-3-5-7-13)22-18(16)25-15-10-8-14(20)9-11-15/h3-12H,2H2,1H3. The fraction of sp³-hybridized carbons (Fsp3) is 0.105. The molecule has 0 fully saturated rings.